The maximum atomic E-state index is 11.8. The second-order valence-electron chi connectivity index (χ2n) is 6.51. The van der Waals surface area contributed by atoms with Crippen LogP contribution in [0.4, 0.5) is 5.95 Å². The van der Waals surface area contributed by atoms with Gasteiger partial charge in [0.1, 0.15) is 12.1 Å². The molecule has 0 atom stereocenters. The third-order valence-electron chi connectivity index (χ3n) is 3.44. The number of piperazine rings is 1. The van der Waals surface area contributed by atoms with E-state index in [-0.39, 0.29) is 12.5 Å². The van der Waals surface area contributed by atoms with Crippen molar-refractivity contribution in [2.24, 2.45) is 4.99 Å². The van der Waals surface area contributed by atoms with E-state index in [1.165, 1.54) is 0 Å². The summed E-state index contributed by atoms with van der Waals surface area (Å²) >= 11 is 0. The van der Waals surface area contributed by atoms with Crippen molar-refractivity contribution in [3.8, 4) is 0 Å². The summed E-state index contributed by atoms with van der Waals surface area (Å²) in [6.07, 6.45) is 3.49. The van der Waals surface area contributed by atoms with Crippen LogP contribution >= 0.6 is 0 Å². The molecule has 0 unspecified atom stereocenters. The average Bonchev–Trinajstić information content (AvgIpc) is 2.55. The molecule has 1 aromatic heterocycles. The summed E-state index contributed by atoms with van der Waals surface area (Å²) < 4.78 is 5.30. The number of hydrogen-bond donors (Lipinski definition) is 1. The van der Waals surface area contributed by atoms with Crippen molar-refractivity contribution >= 4 is 17.9 Å². The first-order valence-corrected chi connectivity index (χ1v) is 8.08. The zero-order valence-electron chi connectivity index (χ0n) is 14.8. The molecule has 8 nitrogen and oxygen atoms in total. The van der Waals surface area contributed by atoms with Gasteiger partial charge in [0.15, 0.2) is 5.96 Å². The van der Waals surface area contributed by atoms with Gasteiger partial charge in [0.05, 0.1) is 0 Å². The largest absolute Gasteiger partial charge is 0.459 e. The number of aromatic nitrogens is 2. The SMILES string of the molecule is CN=C(NCC(=O)OC(C)(C)C)N1CCN(c2ncccn2)CC1. The van der Waals surface area contributed by atoms with Crippen molar-refractivity contribution in [2.75, 3.05) is 44.7 Å². The van der Waals surface area contributed by atoms with Crippen LogP contribution in [0.5, 0.6) is 0 Å². The fraction of sp³-hybridized carbons (Fsp3) is 0.625. The van der Waals surface area contributed by atoms with Gasteiger partial charge in [0.25, 0.3) is 0 Å². The smallest absolute Gasteiger partial charge is 0.325 e. The summed E-state index contributed by atoms with van der Waals surface area (Å²) in [5.74, 6) is 1.16. The molecule has 1 aliphatic heterocycles. The van der Waals surface area contributed by atoms with Crippen molar-refractivity contribution in [2.45, 2.75) is 26.4 Å². The number of nitrogens with one attached hydrogen (secondary N) is 1. The molecule has 0 aliphatic carbocycles. The maximum absolute atomic E-state index is 11.8. The highest BCUT2D eigenvalue weighted by atomic mass is 16.6. The molecule has 1 aromatic rings. The molecular formula is C16H26N6O2. The van der Waals surface area contributed by atoms with Gasteiger partial charge in [0, 0.05) is 45.6 Å². The van der Waals surface area contributed by atoms with Crippen molar-refractivity contribution < 1.29 is 9.53 Å². The number of hydrogen-bond acceptors (Lipinski definition) is 6. The Morgan fingerprint density at radius 1 is 1.25 bits per heavy atom. The van der Waals surface area contributed by atoms with E-state index >= 15 is 0 Å². The van der Waals surface area contributed by atoms with Gasteiger partial charge in [-0.25, -0.2) is 9.97 Å². The van der Waals surface area contributed by atoms with E-state index < -0.39 is 5.60 Å². The Labute approximate surface area is 142 Å². The highest BCUT2D eigenvalue weighted by Gasteiger charge is 2.22. The minimum atomic E-state index is -0.483. The molecule has 0 spiro atoms. The summed E-state index contributed by atoms with van der Waals surface area (Å²) in [4.78, 5) is 28.9. The predicted octanol–water partition coefficient (Wildman–Crippen LogP) is 0.516. The monoisotopic (exact) mass is 334 g/mol. The van der Waals surface area contributed by atoms with Crippen LogP contribution in [0, 0.1) is 0 Å². The van der Waals surface area contributed by atoms with Crippen molar-refractivity contribution in [3.63, 3.8) is 0 Å². The molecule has 0 aromatic carbocycles. The first-order valence-electron chi connectivity index (χ1n) is 8.08. The first kappa shape index (κ1) is 18.0. The Bertz CT molecular complexity index is 562. The molecule has 8 heteroatoms. The van der Waals surface area contributed by atoms with E-state index in [1.54, 1.807) is 19.4 Å². The van der Waals surface area contributed by atoms with Gasteiger partial charge in [-0.2, -0.15) is 0 Å². The minimum Gasteiger partial charge on any atom is -0.459 e. The number of ether oxygens (including phenoxy) is 1. The molecule has 1 fully saturated rings. The van der Waals surface area contributed by atoms with E-state index in [9.17, 15) is 4.79 Å². The van der Waals surface area contributed by atoms with E-state index in [0.29, 0.717) is 5.96 Å². The molecule has 132 valence electrons. The minimum absolute atomic E-state index is 0.103. The second kappa shape index (κ2) is 7.94. The lowest BCUT2D eigenvalue weighted by molar-refractivity contribution is -0.153. The van der Waals surface area contributed by atoms with Gasteiger partial charge in [-0.1, -0.05) is 0 Å². The Morgan fingerprint density at radius 2 is 1.88 bits per heavy atom. The Hall–Kier alpha value is -2.38. The van der Waals surface area contributed by atoms with Crippen LogP contribution in [0.2, 0.25) is 0 Å². The van der Waals surface area contributed by atoms with E-state index in [0.717, 1.165) is 32.1 Å². The number of aliphatic imine (C=N–C) groups is 1. The van der Waals surface area contributed by atoms with E-state index in [1.807, 2.05) is 26.8 Å². The van der Waals surface area contributed by atoms with Gasteiger partial charge in [-0.15, -0.1) is 0 Å². The summed E-state index contributed by atoms with van der Waals surface area (Å²) in [6, 6.07) is 1.81. The predicted molar refractivity (Wildman–Crippen MR) is 93.0 cm³/mol. The Kier molecular flexibility index (Phi) is 5.94. The molecule has 1 aliphatic rings. The molecule has 1 N–H and O–H groups in total. The lowest BCUT2D eigenvalue weighted by Crippen LogP contribution is -2.53. The number of guanidine groups is 1. The molecule has 0 bridgehead atoms. The second-order valence-corrected chi connectivity index (χ2v) is 6.51. The summed E-state index contributed by atoms with van der Waals surface area (Å²) in [7, 11) is 1.71. The molecule has 1 saturated heterocycles. The van der Waals surface area contributed by atoms with Gasteiger partial charge >= 0.3 is 5.97 Å². The number of nitrogens with zero attached hydrogens (tertiary/aromatic N) is 5. The zero-order valence-corrected chi connectivity index (χ0v) is 14.8. The number of rotatable bonds is 3. The van der Waals surface area contributed by atoms with E-state index in [2.05, 4.69) is 30.1 Å². The molecule has 0 radical (unpaired) electrons. The van der Waals surface area contributed by atoms with Crippen molar-refractivity contribution in [3.05, 3.63) is 18.5 Å². The molecule has 24 heavy (non-hydrogen) atoms. The molecule has 0 amide bonds. The normalized spacial score (nSPS) is 16.1. The number of anilines is 1. The quantitative estimate of drug-likeness (QED) is 0.490. The lowest BCUT2D eigenvalue weighted by atomic mass is 10.2. The summed E-state index contributed by atoms with van der Waals surface area (Å²) in [5.41, 5.74) is -0.483. The van der Waals surface area contributed by atoms with Crippen molar-refractivity contribution in [1.82, 2.24) is 20.2 Å². The van der Waals surface area contributed by atoms with Crippen LogP contribution in [0.1, 0.15) is 20.8 Å². The Balaban J connectivity index is 1.82. The highest BCUT2D eigenvalue weighted by molar-refractivity contribution is 5.84. The lowest BCUT2D eigenvalue weighted by Gasteiger charge is -2.36. The first-order chi connectivity index (χ1) is 11.4. The third-order valence-corrected chi connectivity index (χ3v) is 3.44. The van der Waals surface area contributed by atoms with Gasteiger partial charge in [-0.3, -0.25) is 9.79 Å². The molecular weight excluding hydrogens is 308 g/mol. The fourth-order valence-corrected chi connectivity index (χ4v) is 2.43. The standard InChI is InChI=1S/C16H26N6O2/c1-16(2,3)24-13(23)12-20-14(17-4)21-8-10-22(11-9-21)15-18-6-5-7-19-15/h5-7H,8-12H2,1-4H3,(H,17,20). The van der Waals surface area contributed by atoms with Crippen LogP contribution in [0.3, 0.4) is 0 Å². The zero-order chi connectivity index (χ0) is 17.6. The number of carbonyl (C=O) groups excluding carboxylic acids is 1. The summed E-state index contributed by atoms with van der Waals surface area (Å²) in [5, 5.41) is 3.07. The third kappa shape index (κ3) is 5.36. The van der Waals surface area contributed by atoms with E-state index in [4.69, 9.17) is 4.74 Å². The molecule has 2 rings (SSSR count). The summed E-state index contributed by atoms with van der Waals surface area (Å²) in [6.45, 7) is 8.83. The van der Waals surface area contributed by atoms with Crippen molar-refractivity contribution in [1.29, 1.82) is 0 Å². The highest BCUT2D eigenvalue weighted by Crippen LogP contribution is 2.10. The maximum Gasteiger partial charge on any atom is 0.325 e. The Morgan fingerprint density at radius 3 is 2.42 bits per heavy atom. The topological polar surface area (TPSA) is 83.0 Å². The van der Waals surface area contributed by atoms with Crippen LogP contribution in [0.25, 0.3) is 0 Å². The van der Waals surface area contributed by atoms with Crippen LogP contribution in [0.15, 0.2) is 23.5 Å². The number of carbonyl (C=O) groups is 1. The number of esters is 1. The van der Waals surface area contributed by atoms with Crippen LogP contribution < -0.4 is 10.2 Å². The van der Waals surface area contributed by atoms with Gasteiger partial charge in [0.2, 0.25) is 5.95 Å². The molecule has 2 heterocycles. The van der Waals surface area contributed by atoms with Crippen LogP contribution in [-0.2, 0) is 9.53 Å². The fourth-order valence-electron chi connectivity index (χ4n) is 2.43. The van der Waals surface area contributed by atoms with Crippen LogP contribution in [-0.4, -0.2) is 72.2 Å². The average molecular weight is 334 g/mol. The molecule has 0 saturated carbocycles. The van der Waals surface area contributed by atoms with Gasteiger partial charge in [-0.05, 0) is 26.8 Å². The van der Waals surface area contributed by atoms with Gasteiger partial charge < -0.3 is 19.9 Å².